The Labute approximate surface area is 223 Å². The van der Waals surface area contributed by atoms with Gasteiger partial charge >= 0.3 is 6.09 Å². The summed E-state index contributed by atoms with van der Waals surface area (Å²) < 4.78 is 11.1. The van der Waals surface area contributed by atoms with Gasteiger partial charge in [0, 0.05) is 55.0 Å². The van der Waals surface area contributed by atoms with Crippen molar-refractivity contribution < 1.29 is 19.1 Å². The Kier molecular flexibility index (Phi) is 8.58. The molecule has 0 aliphatic carbocycles. The second-order valence-electron chi connectivity index (χ2n) is 10.1. The maximum atomic E-state index is 13.2. The highest BCUT2D eigenvalue weighted by Crippen LogP contribution is 2.24. The molecule has 3 heterocycles. The number of aryl methyl sites for hydroxylation is 1. The predicted octanol–water partition coefficient (Wildman–Crippen LogP) is 4.86. The molecular weight excluding hydrogens is 482 g/mol. The molecule has 1 N–H and O–H groups in total. The van der Waals surface area contributed by atoms with Gasteiger partial charge in [0.2, 0.25) is 0 Å². The van der Waals surface area contributed by atoms with Gasteiger partial charge < -0.3 is 19.7 Å². The molecule has 0 unspecified atom stereocenters. The van der Waals surface area contributed by atoms with Crippen molar-refractivity contribution in [3.05, 3.63) is 77.7 Å². The maximum absolute atomic E-state index is 13.2. The molecule has 1 aliphatic rings. The van der Waals surface area contributed by atoms with Gasteiger partial charge in [-0.05, 0) is 76.2 Å². The first-order chi connectivity index (χ1) is 18.2. The molecule has 0 radical (unpaired) electrons. The molecule has 1 aliphatic heterocycles. The van der Waals surface area contributed by atoms with Crippen LogP contribution in [0.4, 0.5) is 22.0 Å². The minimum atomic E-state index is -0.630. The maximum Gasteiger partial charge on any atom is 0.414 e. The largest absolute Gasteiger partial charge is 0.443 e. The molecule has 3 aromatic rings. The van der Waals surface area contributed by atoms with E-state index in [2.05, 4.69) is 20.2 Å². The van der Waals surface area contributed by atoms with E-state index in [4.69, 9.17) is 9.47 Å². The molecule has 2 amide bonds. The summed E-state index contributed by atoms with van der Waals surface area (Å²) in [6.45, 7) is 10.4. The molecule has 0 bridgehead atoms. The molecule has 1 saturated heterocycles. The summed E-state index contributed by atoms with van der Waals surface area (Å²) >= 11 is 0. The number of hydrogen-bond acceptors (Lipinski definition) is 7. The number of amides is 2. The number of aromatic nitrogens is 2. The molecule has 1 aromatic carbocycles. The number of pyridine rings is 2. The SMILES string of the molecule is Cc1ccc(C(=O)Nc2ccc(N(CCc3ccccn3)C(=O)OC(C)(C)C)cc2)c(N2CCOCC2)n1. The predicted molar refractivity (Wildman–Crippen MR) is 148 cm³/mol. The van der Waals surface area contributed by atoms with Crippen molar-refractivity contribution in [3.63, 3.8) is 0 Å². The van der Waals surface area contributed by atoms with Crippen LogP contribution >= 0.6 is 0 Å². The third-order valence-corrected chi connectivity index (χ3v) is 5.94. The Bertz CT molecular complexity index is 1240. The third kappa shape index (κ3) is 7.29. The van der Waals surface area contributed by atoms with Crippen LogP contribution in [0.5, 0.6) is 0 Å². The first kappa shape index (κ1) is 27.1. The average molecular weight is 518 g/mol. The van der Waals surface area contributed by atoms with Crippen molar-refractivity contribution in [2.24, 2.45) is 0 Å². The van der Waals surface area contributed by atoms with Crippen LogP contribution in [0.3, 0.4) is 0 Å². The average Bonchev–Trinajstić information content (AvgIpc) is 2.89. The van der Waals surface area contributed by atoms with E-state index >= 15 is 0 Å². The molecule has 1 fully saturated rings. The first-order valence-corrected chi connectivity index (χ1v) is 12.8. The Morgan fingerprint density at radius 2 is 1.79 bits per heavy atom. The van der Waals surface area contributed by atoms with E-state index in [1.54, 1.807) is 41.4 Å². The van der Waals surface area contributed by atoms with Crippen molar-refractivity contribution in [2.45, 2.75) is 39.7 Å². The summed E-state index contributed by atoms with van der Waals surface area (Å²) in [5, 5.41) is 2.97. The number of morpholine rings is 1. The second kappa shape index (κ2) is 12.0. The summed E-state index contributed by atoms with van der Waals surface area (Å²) in [4.78, 5) is 38.9. The number of nitrogens with zero attached hydrogens (tertiary/aromatic N) is 4. The number of carbonyl (C=O) groups is 2. The van der Waals surface area contributed by atoms with Gasteiger partial charge in [0.25, 0.3) is 5.91 Å². The molecule has 9 nitrogen and oxygen atoms in total. The highest BCUT2D eigenvalue weighted by Gasteiger charge is 2.24. The monoisotopic (exact) mass is 517 g/mol. The van der Waals surface area contributed by atoms with E-state index in [9.17, 15) is 9.59 Å². The van der Waals surface area contributed by atoms with Gasteiger partial charge in [0.15, 0.2) is 0 Å². The fourth-order valence-electron chi connectivity index (χ4n) is 4.07. The van der Waals surface area contributed by atoms with Gasteiger partial charge in [-0.25, -0.2) is 9.78 Å². The molecule has 9 heteroatoms. The van der Waals surface area contributed by atoms with Crippen molar-refractivity contribution in [3.8, 4) is 0 Å². The summed E-state index contributed by atoms with van der Waals surface area (Å²) in [5.41, 5.74) is 2.88. The van der Waals surface area contributed by atoms with Gasteiger partial charge in [0.1, 0.15) is 11.4 Å². The number of benzene rings is 1. The van der Waals surface area contributed by atoms with Crippen LogP contribution in [0.15, 0.2) is 60.8 Å². The molecule has 2 aromatic heterocycles. The highest BCUT2D eigenvalue weighted by atomic mass is 16.6. The van der Waals surface area contributed by atoms with E-state index in [1.165, 1.54) is 0 Å². The second-order valence-corrected chi connectivity index (χ2v) is 10.1. The quantitative estimate of drug-likeness (QED) is 0.478. The Morgan fingerprint density at radius 3 is 2.45 bits per heavy atom. The van der Waals surface area contributed by atoms with Crippen LogP contribution in [-0.4, -0.2) is 60.4 Å². The van der Waals surface area contributed by atoms with E-state index in [0.717, 1.165) is 11.4 Å². The van der Waals surface area contributed by atoms with E-state index < -0.39 is 11.7 Å². The lowest BCUT2D eigenvalue weighted by atomic mass is 10.1. The van der Waals surface area contributed by atoms with Crippen LogP contribution in [0.1, 0.15) is 42.5 Å². The minimum absolute atomic E-state index is 0.245. The number of nitrogens with one attached hydrogen (secondary N) is 1. The van der Waals surface area contributed by atoms with E-state index in [0.29, 0.717) is 62.0 Å². The van der Waals surface area contributed by atoms with Crippen LogP contribution in [0, 0.1) is 6.92 Å². The normalized spacial score (nSPS) is 13.6. The summed E-state index contributed by atoms with van der Waals surface area (Å²) in [5.74, 6) is 0.416. The molecular formula is C29H35N5O4. The van der Waals surface area contributed by atoms with Crippen LogP contribution in [0.2, 0.25) is 0 Å². The smallest absolute Gasteiger partial charge is 0.414 e. The number of carbonyl (C=O) groups excluding carboxylic acids is 2. The molecule has 0 saturated carbocycles. The topological polar surface area (TPSA) is 96.9 Å². The number of anilines is 3. The zero-order valence-electron chi connectivity index (χ0n) is 22.4. The minimum Gasteiger partial charge on any atom is -0.443 e. The lowest BCUT2D eigenvalue weighted by Gasteiger charge is -2.29. The zero-order chi connectivity index (χ0) is 27.1. The third-order valence-electron chi connectivity index (χ3n) is 5.94. The molecule has 0 atom stereocenters. The zero-order valence-corrected chi connectivity index (χ0v) is 22.4. The van der Waals surface area contributed by atoms with Gasteiger partial charge in [-0.1, -0.05) is 6.07 Å². The van der Waals surface area contributed by atoms with Crippen molar-refractivity contribution in [1.82, 2.24) is 9.97 Å². The van der Waals surface area contributed by atoms with Crippen LogP contribution < -0.4 is 15.1 Å². The summed E-state index contributed by atoms with van der Waals surface area (Å²) in [6.07, 6.45) is 1.87. The van der Waals surface area contributed by atoms with E-state index in [1.807, 2.05) is 52.0 Å². The molecule has 0 spiro atoms. The lowest BCUT2D eigenvalue weighted by molar-refractivity contribution is 0.0580. The van der Waals surface area contributed by atoms with Crippen molar-refractivity contribution in [2.75, 3.05) is 48.0 Å². The first-order valence-electron chi connectivity index (χ1n) is 12.8. The Balaban J connectivity index is 1.50. The summed E-state index contributed by atoms with van der Waals surface area (Å²) in [6, 6.07) is 16.5. The molecule has 200 valence electrons. The fourth-order valence-corrected chi connectivity index (χ4v) is 4.07. The Hall–Kier alpha value is -3.98. The molecule has 38 heavy (non-hydrogen) atoms. The lowest BCUT2D eigenvalue weighted by Crippen LogP contribution is -2.38. The number of rotatable bonds is 7. The standard InChI is InChI=1S/C29H35N5O4/c1-21-8-13-25(26(31-21)33-17-19-37-20-18-33)27(35)32-23-9-11-24(12-10-23)34(28(36)38-29(2,3)4)16-14-22-7-5-6-15-30-22/h5-13,15H,14,16-20H2,1-4H3,(H,32,35). The van der Waals surface area contributed by atoms with Gasteiger partial charge in [-0.15, -0.1) is 0 Å². The Morgan fingerprint density at radius 1 is 1.05 bits per heavy atom. The van der Waals surface area contributed by atoms with Crippen molar-refractivity contribution in [1.29, 1.82) is 0 Å². The summed E-state index contributed by atoms with van der Waals surface area (Å²) in [7, 11) is 0. The number of ether oxygens (including phenoxy) is 2. The van der Waals surface area contributed by atoms with Crippen LogP contribution in [-0.2, 0) is 15.9 Å². The number of hydrogen-bond donors (Lipinski definition) is 1. The van der Waals surface area contributed by atoms with Gasteiger partial charge in [-0.3, -0.25) is 14.7 Å². The van der Waals surface area contributed by atoms with Gasteiger partial charge in [-0.2, -0.15) is 0 Å². The highest BCUT2D eigenvalue weighted by molar-refractivity contribution is 6.07. The molecule has 4 rings (SSSR count). The van der Waals surface area contributed by atoms with Crippen molar-refractivity contribution >= 4 is 29.2 Å². The van der Waals surface area contributed by atoms with Crippen LogP contribution in [0.25, 0.3) is 0 Å². The van der Waals surface area contributed by atoms with Gasteiger partial charge in [0.05, 0.1) is 18.8 Å². The van der Waals surface area contributed by atoms with E-state index in [-0.39, 0.29) is 5.91 Å². The fraction of sp³-hybridized carbons (Fsp3) is 0.379.